The van der Waals surface area contributed by atoms with Crippen molar-refractivity contribution in [3.05, 3.63) is 76.4 Å². The summed E-state index contributed by atoms with van der Waals surface area (Å²) in [5.74, 6) is -1.90. The highest BCUT2D eigenvalue weighted by Crippen LogP contribution is 2.40. The Morgan fingerprint density at radius 2 is 1.61 bits per heavy atom. The van der Waals surface area contributed by atoms with Gasteiger partial charge in [-0.15, -0.1) is 0 Å². The van der Waals surface area contributed by atoms with Crippen molar-refractivity contribution < 1.29 is 23.1 Å². The van der Waals surface area contributed by atoms with Gasteiger partial charge in [-0.05, 0) is 24.6 Å². The first-order valence-electron chi connectivity index (χ1n) is 6.92. The van der Waals surface area contributed by atoms with Crippen LogP contribution in [-0.4, -0.2) is 19.5 Å². The third kappa shape index (κ3) is 2.61. The number of aliphatic hydroxyl groups excluding tert-OH is 1. The number of ether oxygens (including phenoxy) is 1. The Hall–Kier alpha value is -2.60. The molecule has 1 aliphatic rings. The number of aryl methyl sites for hydroxylation is 1. The number of rotatable bonds is 3. The van der Waals surface area contributed by atoms with Gasteiger partial charge in [-0.1, -0.05) is 48.0 Å². The van der Waals surface area contributed by atoms with E-state index in [0.29, 0.717) is 5.56 Å². The molecule has 0 fully saturated rings. The quantitative estimate of drug-likeness (QED) is 0.875. The standard InChI is InChI=1S/C17H14O5S/c1-11-7-9-13(10-8-11)23(20,21)16-14(18)17(19)22-15(16)12-5-3-2-4-6-12/h2-10,15,18H,1H3. The van der Waals surface area contributed by atoms with Gasteiger partial charge < -0.3 is 9.84 Å². The Morgan fingerprint density at radius 3 is 2.22 bits per heavy atom. The van der Waals surface area contributed by atoms with Crippen molar-refractivity contribution in [3.63, 3.8) is 0 Å². The highest BCUT2D eigenvalue weighted by atomic mass is 32.2. The minimum Gasteiger partial charge on any atom is -0.501 e. The van der Waals surface area contributed by atoms with E-state index < -0.39 is 32.6 Å². The number of hydrogen-bond donors (Lipinski definition) is 1. The van der Waals surface area contributed by atoms with Crippen LogP contribution in [-0.2, 0) is 19.4 Å². The normalized spacial score (nSPS) is 18.1. The van der Waals surface area contributed by atoms with Crippen LogP contribution in [0.5, 0.6) is 0 Å². The summed E-state index contributed by atoms with van der Waals surface area (Å²) in [6.45, 7) is 1.84. The lowest BCUT2D eigenvalue weighted by Gasteiger charge is -2.14. The fourth-order valence-electron chi connectivity index (χ4n) is 2.40. The molecular weight excluding hydrogens is 316 g/mol. The topological polar surface area (TPSA) is 80.7 Å². The summed E-state index contributed by atoms with van der Waals surface area (Å²) in [6, 6.07) is 14.6. The molecule has 0 saturated heterocycles. The fourth-order valence-corrected chi connectivity index (χ4v) is 3.95. The molecule has 0 saturated carbocycles. The van der Waals surface area contributed by atoms with Gasteiger partial charge in [0.05, 0.1) is 4.90 Å². The first kappa shape index (κ1) is 15.3. The van der Waals surface area contributed by atoms with E-state index >= 15 is 0 Å². The molecule has 0 aliphatic carbocycles. The SMILES string of the molecule is Cc1ccc(S(=O)(=O)C2=C(O)C(=O)OC2c2ccccc2)cc1. The Kier molecular flexibility index (Phi) is 3.69. The van der Waals surface area contributed by atoms with E-state index in [4.69, 9.17) is 4.74 Å². The molecule has 2 aromatic carbocycles. The lowest BCUT2D eigenvalue weighted by atomic mass is 10.1. The first-order chi connectivity index (χ1) is 10.9. The van der Waals surface area contributed by atoms with Crippen LogP contribution in [0.4, 0.5) is 0 Å². The van der Waals surface area contributed by atoms with Gasteiger partial charge in [0.15, 0.2) is 6.10 Å². The van der Waals surface area contributed by atoms with Gasteiger partial charge in [0.1, 0.15) is 4.91 Å². The molecular formula is C17H14O5S. The van der Waals surface area contributed by atoms with Crippen molar-refractivity contribution in [3.8, 4) is 0 Å². The third-order valence-corrected chi connectivity index (χ3v) is 5.49. The van der Waals surface area contributed by atoms with Crippen molar-refractivity contribution >= 4 is 15.8 Å². The van der Waals surface area contributed by atoms with Crippen molar-refractivity contribution in [1.82, 2.24) is 0 Å². The number of carbonyl (C=O) groups excluding carboxylic acids is 1. The van der Waals surface area contributed by atoms with Crippen molar-refractivity contribution in [1.29, 1.82) is 0 Å². The van der Waals surface area contributed by atoms with Gasteiger partial charge in [0.25, 0.3) is 0 Å². The second-order valence-corrected chi connectivity index (χ2v) is 7.14. The largest absolute Gasteiger partial charge is 0.501 e. The summed E-state index contributed by atoms with van der Waals surface area (Å²) in [6.07, 6.45) is -1.14. The second kappa shape index (κ2) is 5.55. The number of hydrogen-bond acceptors (Lipinski definition) is 5. The van der Waals surface area contributed by atoms with Crippen LogP contribution in [0.3, 0.4) is 0 Å². The molecule has 1 unspecified atom stereocenters. The molecule has 1 N–H and O–H groups in total. The second-order valence-electron chi connectivity index (χ2n) is 5.23. The highest BCUT2D eigenvalue weighted by Gasteiger charge is 2.43. The molecule has 1 atom stereocenters. The molecule has 0 aromatic heterocycles. The minimum atomic E-state index is -4.05. The molecule has 0 amide bonds. The summed E-state index contributed by atoms with van der Waals surface area (Å²) in [5, 5.41) is 9.97. The van der Waals surface area contributed by atoms with Crippen LogP contribution in [0.15, 0.2) is 70.2 Å². The molecule has 6 heteroatoms. The summed E-state index contributed by atoms with van der Waals surface area (Å²) in [5.41, 5.74) is 1.39. The molecule has 0 bridgehead atoms. The van der Waals surface area contributed by atoms with Crippen molar-refractivity contribution in [2.24, 2.45) is 0 Å². The molecule has 118 valence electrons. The van der Waals surface area contributed by atoms with Gasteiger partial charge in [-0.3, -0.25) is 0 Å². The summed E-state index contributed by atoms with van der Waals surface area (Å²) < 4.78 is 30.7. The molecule has 23 heavy (non-hydrogen) atoms. The number of esters is 1. The maximum atomic E-state index is 12.8. The predicted molar refractivity (Wildman–Crippen MR) is 83.3 cm³/mol. The van der Waals surface area contributed by atoms with Gasteiger partial charge in [-0.25, -0.2) is 13.2 Å². The zero-order valence-electron chi connectivity index (χ0n) is 12.3. The molecule has 1 heterocycles. The van der Waals surface area contributed by atoms with Crippen LogP contribution >= 0.6 is 0 Å². The van der Waals surface area contributed by atoms with E-state index in [1.54, 1.807) is 42.5 Å². The smallest absolute Gasteiger partial charge is 0.375 e. The minimum absolute atomic E-state index is 0.00359. The Labute approximate surface area is 133 Å². The van der Waals surface area contributed by atoms with E-state index in [0.717, 1.165) is 5.56 Å². The summed E-state index contributed by atoms with van der Waals surface area (Å²) in [7, 11) is -4.05. The third-order valence-electron chi connectivity index (χ3n) is 3.61. The van der Waals surface area contributed by atoms with Gasteiger partial charge in [0.2, 0.25) is 15.6 Å². The maximum absolute atomic E-state index is 12.8. The lowest BCUT2D eigenvalue weighted by molar-refractivity contribution is -0.142. The Morgan fingerprint density at radius 1 is 1.00 bits per heavy atom. The van der Waals surface area contributed by atoms with E-state index in [1.807, 2.05) is 6.92 Å². The van der Waals surface area contributed by atoms with Gasteiger partial charge in [-0.2, -0.15) is 0 Å². The van der Waals surface area contributed by atoms with Gasteiger partial charge >= 0.3 is 5.97 Å². The van der Waals surface area contributed by atoms with Crippen LogP contribution in [0.25, 0.3) is 0 Å². The first-order valence-corrected chi connectivity index (χ1v) is 8.40. The number of benzene rings is 2. The molecule has 3 rings (SSSR count). The average molecular weight is 330 g/mol. The molecule has 2 aromatic rings. The zero-order chi connectivity index (χ0) is 16.6. The Balaban J connectivity index is 2.14. The van der Waals surface area contributed by atoms with Crippen molar-refractivity contribution in [2.75, 3.05) is 0 Å². The molecule has 0 spiro atoms. The van der Waals surface area contributed by atoms with Crippen LogP contribution < -0.4 is 0 Å². The molecule has 0 radical (unpaired) electrons. The highest BCUT2D eigenvalue weighted by molar-refractivity contribution is 7.95. The monoisotopic (exact) mass is 330 g/mol. The molecule has 1 aliphatic heterocycles. The van der Waals surface area contributed by atoms with E-state index in [-0.39, 0.29) is 4.90 Å². The average Bonchev–Trinajstić information content (AvgIpc) is 2.85. The Bertz CT molecular complexity index is 880. The summed E-state index contributed by atoms with van der Waals surface area (Å²) in [4.78, 5) is 11.3. The van der Waals surface area contributed by atoms with E-state index in [9.17, 15) is 18.3 Å². The lowest BCUT2D eigenvalue weighted by Crippen LogP contribution is -2.12. The van der Waals surface area contributed by atoms with Crippen LogP contribution in [0.1, 0.15) is 17.2 Å². The number of sulfone groups is 1. The molecule has 5 nitrogen and oxygen atoms in total. The predicted octanol–water partition coefficient (Wildman–Crippen LogP) is 2.84. The van der Waals surface area contributed by atoms with E-state index in [2.05, 4.69) is 0 Å². The van der Waals surface area contributed by atoms with Crippen molar-refractivity contribution in [2.45, 2.75) is 17.9 Å². The van der Waals surface area contributed by atoms with Crippen LogP contribution in [0, 0.1) is 6.92 Å². The van der Waals surface area contributed by atoms with Gasteiger partial charge in [0, 0.05) is 0 Å². The number of carbonyl (C=O) groups is 1. The van der Waals surface area contributed by atoms with E-state index in [1.165, 1.54) is 12.1 Å². The van der Waals surface area contributed by atoms with Crippen LogP contribution in [0.2, 0.25) is 0 Å². The zero-order valence-corrected chi connectivity index (χ0v) is 13.1. The fraction of sp³-hybridized carbons (Fsp3) is 0.118. The summed E-state index contributed by atoms with van der Waals surface area (Å²) >= 11 is 0. The number of aliphatic hydroxyl groups is 1. The maximum Gasteiger partial charge on any atom is 0.375 e. The number of cyclic esters (lactones) is 1.